The van der Waals surface area contributed by atoms with Gasteiger partial charge in [0.25, 0.3) is 0 Å². The first-order valence-corrected chi connectivity index (χ1v) is 11.6. The lowest BCUT2D eigenvalue weighted by Crippen LogP contribution is -2.46. The Hall–Kier alpha value is -3.10. The third-order valence-corrected chi connectivity index (χ3v) is 7.74. The number of fused-ring (bicyclic) bond motifs is 2. The average Bonchev–Trinajstić information content (AvgIpc) is 3.33. The maximum atomic E-state index is 14.2. The van der Waals surface area contributed by atoms with Crippen LogP contribution >= 0.6 is 23.4 Å². The zero-order chi connectivity index (χ0) is 23.7. The van der Waals surface area contributed by atoms with Crippen LogP contribution in [0.2, 0.25) is 5.28 Å². The van der Waals surface area contributed by atoms with Crippen molar-refractivity contribution in [2.24, 2.45) is 23.5 Å². The summed E-state index contributed by atoms with van der Waals surface area (Å²) in [5.41, 5.74) is 12.5. The molecule has 172 valence electrons. The van der Waals surface area contributed by atoms with Gasteiger partial charge in [-0.3, -0.25) is 9.59 Å². The first-order valence-electron chi connectivity index (χ1n) is 10.2. The van der Waals surface area contributed by atoms with E-state index in [1.807, 2.05) is 6.07 Å². The molecule has 2 aliphatic rings. The Morgan fingerprint density at radius 3 is 2.88 bits per heavy atom. The van der Waals surface area contributed by atoms with E-state index in [4.69, 9.17) is 23.1 Å². The number of nitriles is 1. The number of rotatable bonds is 7. The lowest BCUT2D eigenvalue weighted by molar-refractivity contribution is -0.123. The van der Waals surface area contributed by atoms with Crippen molar-refractivity contribution in [3.05, 3.63) is 41.1 Å². The molecule has 2 saturated carbocycles. The van der Waals surface area contributed by atoms with Gasteiger partial charge >= 0.3 is 0 Å². The van der Waals surface area contributed by atoms with Gasteiger partial charge in [0.05, 0.1) is 29.1 Å². The van der Waals surface area contributed by atoms with Gasteiger partial charge in [-0.1, -0.05) is 0 Å². The molecule has 2 amide bonds. The number of carbonyl (C=O) groups excluding carboxylic acids is 2. The quantitative estimate of drug-likeness (QED) is 0.340. The molecular formula is C21H21ClFN7O2S. The van der Waals surface area contributed by atoms with Gasteiger partial charge in [0.1, 0.15) is 6.07 Å². The van der Waals surface area contributed by atoms with Gasteiger partial charge in [-0.15, -0.1) is 11.8 Å². The fourth-order valence-corrected chi connectivity index (χ4v) is 6.32. The topological polar surface area (TPSA) is 160 Å². The Kier molecular flexibility index (Phi) is 6.58. The van der Waals surface area contributed by atoms with Crippen LogP contribution < -0.4 is 22.1 Å². The maximum Gasteiger partial charge on any atom is 0.234 e. The summed E-state index contributed by atoms with van der Waals surface area (Å²) in [5.74, 6) is -1.78. The van der Waals surface area contributed by atoms with E-state index in [9.17, 15) is 19.2 Å². The minimum atomic E-state index is -0.676. The van der Waals surface area contributed by atoms with E-state index >= 15 is 0 Å². The molecule has 4 rings (SSSR count). The van der Waals surface area contributed by atoms with Crippen LogP contribution in [0.15, 0.2) is 24.4 Å². The van der Waals surface area contributed by atoms with Crippen LogP contribution in [0.25, 0.3) is 0 Å². The van der Waals surface area contributed by atoms with E-state index in [1.165, 1.54) is 17.8 Å². The molecule has 12 heteroatoms. The summed E-state index contributed by atoms with van der Waals surface area (Å²) < 4.78 is 14.2. The van der Waals surface area contributed by atoms with Crippen molar-refractivity contribution in [2.75, 3.05) is 22.1 Å². The lowest BCUT2D eigenvalue weighted by atomic mass is 9.83. The van der Waals surface area contributed by atoms with Crippen molar-refractivity contribution in [2.45, 2.75) is 24.1 Å². The first kappa shape index (κ1) is 23.1. The van der Waals surface area contributed by atoms with Gasteiger partial charge in [0, 0.05) is 17.0 Å². The molecule has 5 atom stereocenters. The highest BCUT2D eigenvalue weighted by atomic mass is 35.5. The van der Waals surface area contributed by atoms with Gasteiger partial charge in [-0.05, 0) is 54.5 Å². The van der Waals surface area contributed by atoms with E-state index in [2.05, 4.69) is 20.6 Å². The Morgan fingerprint density at radius 1 is 1.36 bits per heavy atom. The predicted octanol–water partition coefficient (Wildman–Crippen LogP) is 2.39. The molecule has 2 aromatic rings. The molecule has 6 N–H and O–H groups in total. The van der Waals surface area contributed by atoms with Crippen molar-refractivity contribution >= 4 is 52.4 Å². The number of nitrogens with one attached hydrogen (secondary N) is 2. The third-order valence-electron chi connectivity index (χ3n) is 6.16. The summed E-state index contributed by atoms with van der Waals surface area (Å²) in [5, 5.41) is 14.9. The molecule has 1 aromatic heterocycles. The highest BCUT2D eigenvalue weighted by molar-refractivity contribution is 8.00. The van der Waals surface area contributed by atoms with Crippen LogP contribution in [0.5, 0.6) is 0 Å². The maximum absolute atomic E-state index is 14.2. The van der Waals surface area contributed by atoms with Crippen LogP contribution in [-0.2, 0) is 9.59 Å². The normalized spacial score (nSPS) is 25.4. The van der Waals surface area contributed by atoms with Crippen molar-refractivity contribution < 1.29 is 14.0 Å². The highest BCUT2D eigenvalue weighted by Gasteiger charge is 2.55. The SMILES string of the molecule is N#Cc1ccc(N)cc1NC(=O)CS[C@@H]1C[C@@H]2C[C@H]1[C@@H](Nc1nc(Cl)ncc1F)[C@H]2C(N)=O. The molecule has 1 heterocycles. The number of benzene rings is 1. The molecular weight excluding hydrogens is 469 g/mol. The molecule has 2 bridgehead atoms. The average molecular weight is 490 g/mol. The van der Waals surface area contributed by atoms with Gasteiger partial charge in [0.2, 0.25) is 17.1 Å². The first-order chi connectivity index (χ1) is 15.8. The van der Waals surface area contributed by atoms with Crippen LogP contribution in [0.1, 0.15) is 18.4 Å². The Labute approximate surface area is 198 Å². The number of halogens is 2. The zero-order valence-corrected chi connectivity index (χ0v) is 18.9. The minimum Gasteiger partial charge on any atom is -0.399 e. The molecule has 9 nitrogen and oxygen atoms in total. The molecule has 2 fully saturated rings. The molecule has 2 aliphatic carbocycles. The molecule has 0 aliphatic heterocycles. The Bertz CT molecular complexity index is 1140. The Balaban J connectivity index is 1.43. The monoisotopic (exact) mass is 489 g/mol. The molecule has 0 saturated heterocycles. The molecule has 0 spiro atoms. The van der Waals surface area contributed by atoms with E-state index in [1.54, 1.807) is 12.1 Å². The summed E-state index contributed by atoms with van der Waals surface area (Å²) in [6.45, 7) is 0. The second-order valence-electron chi connectivity index (χ2n) is 8.14. The van der Waals surface area contributed by atoms with Crippen LogP contribution in [0.4, 0.5) is 21.6 Å². The fourth-order valence-electron chi connectivity index (χ4n) is 4.84. The zero-order valence-electron chi connectivity index (χ0n) is 17.3. The number of nitrogen functional groups attached to an aromatic ring is 1. The predicted molar refractivity (Wildman–Crippen MR) is 124 cm³/mol. The number of primary amides is 1. The van der Waals surface area contributed by atoms with Gasteiger partial charge in [-0.25, -0.2) is 9.37 Å². The largest absolute Gasteiger partial charge is 0.399 e. The van der Waals surface area contributed by atoms with Crippen molar-refractivity contribution in [3.63, 3.8) is 0 Å². The summed E-state index contributed by atoms with van der Waals surface area (Å²) in [7, 11) is 0. The summed E-state index contributed by atoms with van der Waals surface area (Å²) in [4.78, 5) is 32.2. The molecule has 1 aromatic carbocycles. The third kappa shape index (κ3) is 4.82. The van der Waals surface area contributed by atoms with Gasteiger partial charge < -0.3 is 22.1 Å². The number of nitrogens with two attached hydrogens (primary N) is 2. The van der Waals surface area contributed by atoms with Crippen molar-refractivity contribution in [3.8, 4) is 6.07 Å². The number of nitrogens with zero attached hydrogens (tertiary/aromatic N) is 3. The van der Waals surface area contributed by atoms with Crippen molar-refractivity contribution in [1.29, 1.82) is 5.26 Å². The number of thioether (sulfide) groups is 1. The lowest BCUT2D eigenvalue weighted by Gasteiger charge is -2.34. The highest BCUT2D eigenvalue weighted by Crippen LogP contribution is 2.53. The fraction of sp³-hybridized carbons (Fsp3) is 0.381. The number of aromatic nitrogens is 2. The van der Waals surface area contributed by atoms with E-state index < -0.39 is 23.7 Å². The van der Waals surface area contributed by atoms with Gasteiger partial charge in [0.15, 0.2) is 11.6 Å². The van der Waals surface area contributed by atoms with E-state index in [0.29, 0.717) is 16.9 Å². The van der Waals surface area contributed by atoms with Crippen LogP contribution in [0.3, 0.4) is 0 Å². The molecule has 0 unspecified atom stereocenters. The van der Waals surface area contributed by atoms with Crippen molar-refractivity contribution in [1.82, 2.24) is 9.97 Å². The molecule has 33 heavy (non-hydrogen) atoms. The summed E-state index contributed by atoms with van der Waals surface area (Å²) >= 11 is 7.25. The number of amides is 2. The summed E-state index contributed by atoms with van der Waals surface area (Å²) in [6, 6.07) is 6.27. The number of anilines is 3. The van der Waals surface area contributed by atoms with Crippen LogP contribution in [0, 0.1) is 34.9 Å². The molecule has 0 radical (unpaired) electrons. The minimum absolute atomic E-state index is 0.0134. The second-order valence-corrected chi connectivity index (χ2v) is 9.71. The number of carbonyl (C=O) groups is 2. The van der Waals surface area contributed by atoms with Crippen LogP contribution in [-0.4, -0.2) is 38.8 Å². The second kappa shape index (κ2) is 9.41. The van der Waals surface area contributed by atoms with Gasteiger partial charge in [-0.2, -0.15) is 10.2 Å². The van der Waals surface area contributed by atoms with E-state index in [0.717, 1.165) is 19.0 Å². The number of hydrogen-bond donors (Lipinski definition) is 4. The standard InChI is InChI=1S/C21H21ClFN7O2S/c22-21-27-7-13(23)20(30-21)29-18-12-3-10(17(18)19(26)32)4-15(12)33-8-16(31)28-14-5-11(25)2-1-9(14)6-24/h1-2,5,7,10,12,15,17-18H,3-4,8,25H2,(H2,26,32)(H,28,31)(H,27,29,30)/t10-,12+,15+,17-,18+/m0/s1. The summed E-state index contributed by atoms with van der Waals surface area (Å²) in [6.07, 6.45) is 2.43. The smallest absolute Gasteiger partial charge is 0.234 e. The Morgan fingerprint density at radius 2 is 2.15 bits per heavy atom. The van der Waals surface area contributed by atoms with E-state index in [-0.39, 0.29) is 39.8 Å². The number of hydrogen-bond acceptors (Lipinski definition) is 8.